The maximum atomic E-state index is 12.2. The number of anilines is 1. The number of unbranched alkanes of at least 4 members (excludes halogenated alkanes) is 2. The molecule has 0 aliphatic heterocycles. The van der Waals surface area contributed by atoms with Gasteiger partial charge in [0.15, 0.2) is 0 Å². The Bertz CT molecular complexity index is 402. The molecule has 19 heavy (non-hydrogen) atoms. The van der Waals surface area contributed by atoms with Crippen molar-refractivity contribution < 1.29 is 4.79 Å². The number of rotatable bonds is 8. The third kappa shape index (κ3) is 5.33. The van der Waals surface area contributed by atoms with Gasteiger partial charge in [-0.3, -0.25) is 4.79 Å². The smallest absolute Gasteiger partial charge is 0.253 e. The molecule has 0 saturated carbocycles. The average Bonchev–Trinajstić information content (AvgIpc) is 2.42. The van der Waals surface area contributed by atoms with Gasteiger partial charge in [0.2, 0.25) is 0 Å². The molecule has 1 aromatic rings. The molecule has 0 aliphatic rings. The van der Waals surface area contributed by atoms with Crippen molar-refractivity contribution in [3.05, 3.63) is 29.3 Å². The third-order valence-electron chi connectivity index (χ3n) is 3.05. The summed E-state index contributed by atoms with van der Waals surface area (Å²) in [5, 5.41) is 6.31. The van der Waals surface area contributed by atoms with Crippen molar-refractivity contribution in [2.45, 2.75) is 46.5 Å². The van der Waals surface area contributed by atoms with Crippen LogP contribution in [0.5, 0.6) is 0 Å². The highest BCUT2D eigenvalue weighted by Gasteiger charge is 2.10. The quantitative estimate of drug-likeness (QED) is 0.701. The average molecular weight is 262 g/mol. The molecular formula is C16H26N2O. The predicted molar refractivity (Wildman–Crippen MR) is 81.8 cm³/mol. The summed E-state index contributed by atoms with van der Waals surface area (Å²) < 4.78 is 0. The second-order valence-electron chi connectivity index (χ2n) is 4.94. The molecule has 0 aromatic heterocycles. The highest BCUT2D eigenvalue weighted by atomic mass is 16.1. The van der Waals surface area contributed by atoms with Gasteiger partial charge in [0.1, 0.15) is 0 Å². The lowest BCUT2D eigenvalue weighted by atomic mass is 10.1. The number of carbonyl (C=O) groups excluding carboxylic acids is 1. The topological polar surface area (TPSA) is 41.1 Å². The van der Waals surface area contributed by atoms with Gasteiger partial charge in [-0.15, -0.1) is 0 Å². The van der Waals surface area contributed by atoms with Crippen LogP contribution in [0.15, 0.2) is 18.2 Å². The molecular weight excluding hydrogens is 236 g/mol. The first kappa shape index (κ1) is 15.5. The van der Waals surface area contributed by atoms with E-state index in [1.54, 1.807) is 0 Å². The van der Waals surface area contributed by atoms with Crippen LogP contribution in [-0.4, -0.2) is 19.0 Å². The van der Waals surface area contributed by atoms with E-state index >= 15 is 0 Å². The van der Waals surface area contributed by atoms with Crippen molar-refractivity contribution in [2.24, 2.45) is 0 Å². The van der Waals surface area contributed by atoms with Crippen LogP contribution in [0.25, 0.3) is 0 Å². The molecule has 2 N–H and O–H groups in total. The second kappa shape index (κ2) is 8.57. The Morgan fingerprint density at radius 1 is 1.11 bits per heavy atom. The number of amides is 1. The molecule has 0 heterocycles. The number of benzene rings is 1. The van der Waals surface area contributed by atoms with Crippen molar-refractivity contribution in [1.29, 1.82) is 0 Å². The van der Waals surface area contributed by atoms with Gasteiger partial charge < -0.3 is 10.6 Å². The Morgan fingerprint density at radius 3 is 2.58 bits per heavy atom. The Morgan fingerprint density at radius 2 is 1.89 bits per heavy atom. The summed E-state index contributed by atoms with van der Waals surface area (Å²) in [5.74, 6) is 0.0263. The molecule has 0 spiro atoms. The first-order valence-corrected chi connectivity index (χ1v) is 7.31. The maximum Gasteiger partial charge on any atom is 0.253 e. The summed E-state index contributed by atoms with van der Waals surface area (Å²) in [7, 11) is 0. The molecule has 0 saturated heterocycles. The van der Waals surface area contributed by atoms with Crippen molar-refractivity contribution in [3.63, 3.8) is 0 Å². The van der Waals surface area contributed by atoms with E-state index in [9.17, 15) is 4.79 Å². The fraction of sp³-hybridized carbons (Fsp3) is 0.562. The molecule has 1 aromatic carbocycles. The van der Waals surface area contributed by atoms with E-state index in [1.165, 1.54) is 6.42 Å². The van der Waals surface area contributed by atoms with Crippen LogP contribution in [0.2, 0.25) is 0 Å². The first-order valence-electron chi connectivity index (χ1n) is 7.31. The third-order valence-corrected chi connectivity index (χ3v) is 3.05. The van der Waals surface area contributed by atoms with Gasteiger partial charge in [0, 0.05) is 18.8 Å². The summed E-state index contributed by atoms with van der Waals surface area (Å²) in [4.78, 5) is 12.2. The lowest BCUT2D eigenvalue weighted by Crippen LogP contribution is -2.25. The van der Waals surface area contributed by atoms with Crippen LogP contribution in [0, 0.1) is 6.92 Å². The van der Waals surface area contributed by atoms with Crippen LogP contribution in [0.1, 0.15) is 55.5 Å². The standard InChI is InChI=1S/C16H26N2O/c1-4-6-7-11-18-16(19)14-12-13(3)8-9-15(14)17-10-5-2/h8-9,12,17H,4-7,10-11H2,1-3H3,(H,18,19). The predicted octanol–water partition coefficient (Wildman–Crippen LogP) is 3.74. The number of hydrogen-bond donors (Lipinski definition) is 2. The van der Waals surface area contributed by atoms with Gasteiger partial charge in [0.05, 0.1) is 5.56 Å². The molecule has 0 fully saturated rings. The molecule has 0 radical (unpaired) electrons. The van der Waals surface area contributed by atoms with Gasteiger partial charge in [-0.25, -0.2) is 0 Å². The van der Waals surface area contributed by atoms with Gasteiger partial charge in [-0.1, -0.05) is 38.3 Å². The number of aryl methyl sites for hydroxylation is 1. The highest BCUT2D eigenvalue weighted by molar-refractivity contribution is 5.99. The Balaban J connectivity index is 2.67. The van der Waals surface area contributed by atoms with Gasteiger partial charge in [0.25, 0.3) is 5.91 Å². The van der Waals surface area contributed by atoms with E-state index in [0.717, 1.165) is 49.2 Å². The van der Waals surface area contributed by atoms with Crippen LogP contribution in [0.4, 0.5) is 5.69 Å². The van der Waals surface area contributed by atoms with Crippen molar-refractivity contribution >= 4 is 11.6 Å². The van der Waals surface area contributed by atoms with E-state index in [2.05, 4.69) is 24.5 Å². The van der Waals surface area contributed by atoms with Crippen LogP contribution in [0.3, 0.4) is 0 Å². The van der Waals surface area contributed by atoms with Crippen molar-refractivity contribution in [2.75, 3.05) is 18.4 Å². The fourth-order valence-electron chi connectivity index (χ4n) is 1.93. The van der Waals surface area contributed by atoms with Crippen LogP contribution in [-0.2, 0) is 0 Å². The minimum Gasteiger partial charge on any atom is -0.384 e. The summed E-state index contributed by atoms with van der Waals surface area (Å²) in [6.45, 7) is 7.94. The highest BCUT2D eigenvalue weighted by Crippen LogP contribution is 2.17. The molecule has 0 aliphatic carbocycles. The van der Waals surface area contributed by atoms with E-state index in [-0.39, 0.29) is 5.91 Å². The molecule has 3 nitrogen and oxygen atoms in total. The minimum atomic E-state index is 0.0263. The van der Waals surface area contributed by atoms with E-state index in [0.29, 0.717) is 0 Å². The Hall–Kier alpha value is -1.51. The number of nitrogens with one attached hydrogen (secondary N) is 2. The molecule has 106 valence electrons. The molecule has 1 rings (SSSR count). The summed E-state index contributed by atoms with van der Waals surface area (Å²) >= 11 is 0. The van der Waals surface area contributed by atoms with Gasteiger partial charge in [-0.05, 0) is 31.9 Å². The van der Waals surface area contributed by atoms with Gasteiger partial charge >= 0.3 is 0 Å². The fourth-order valence-corrected chi connectivity index (χ4v) is 1.93. The SMILES string of the molecule is CCCCCNC(=O)c1cc(C)ccc1NCCC. The van der Waals surface area contributed by atoms with Crippen LogP contribution >= 0.6 is 0 Å². The summed E-state index contributed by atoms with van der Waals surface area (Å²) in [5.41, 5.74) is 2.80. The summed E-state index contributed by atoms with van der Waals surface area (Å²) in [6, 6.07) is 5.98. The monoisotopic (exact) mass is 262 g/mol. The largest absolute Gasteiger partial charge is 0.384 e. The molecule has 3 heteroatoms. The normalized spacial score (nSPS) is 10.3. The van der Waals surface area contributed by atoms with Crippen LogP contribution < -0.4 is 10.6 Å². The maximum absolute atomic E-state index is 12.2. The Kier molecular flexibility index (Phi) is 7.01. The zero-order valence-electron chi connectivity index (χ0n) is 12.4. The lowest BCUT2D eigenvalue weighted by Gasteiger charge is -2.12. The molecule has 0 bridgehead atoms. The van der Waals surface area contributed by atoms with E-state index < -0.39 is 0 Å². The van der Waals surface area contributed by atoms with Crippen molar-refractivity contribution in [3.8, 4) is 0 Å². The van der Waals surface area contributed by atoms with E-state index in [1.807, 2.05) is 25.1 Å². The van der Waals surface area contributed by atoms with Crippen molar-refractivity contribution in [1.82, 2.24) is 5.32 Å². The number of carbonyl (C=O) groups is 1. The molecule has 0 atom stereocenters. The minimum absolute atomic E-state index is 0.0263. The number of hydrogen-bond acceptors (Lipinski definition) is 2. The van der Waals surface area contributed by atoms with Gasteiger partial charge in [-0.2, -0.15) is 0 Å². The lowest BCUT2D eigenvalue weighted by molar-refractivity contribution is 0.0953. The molecule has 1 amide bonds. The first-order chi connectivity index (χ1) is 9.19. The summed E-state index contributed by atoms with van der Waals surface area (Å²) in [6.07, 6.45) is 4.43. The van der Waals surface area contributed by atoms with E-state index in [4.69, 9.17) is 0 Å². The zero-order valence-corrected chi connectivity index (χ0v) is 12.4. The molecule has 0 unspecified atom stereocenters. The second-order valence-corrected chi connectivity index (χ2v) is 4.94. The zero-order chi connectivity index (χ0) is 14.1. The Labute approximate surface area is 116 Å².